The standard InChI is InChI=1S/C14H16O3S.Cs/c1-2-3-11-17-18(15,16)14-10-6-8-12-7-4-5-9-13(12)14;/h4-10H,2-3,11H2,1H3;. The summed E-state index contributed by atoms with van der Waals surface area (Å²) >= 11 is 0. The summed E-state index contributed by atoms with van der Waals surface area (Å²) in [6.45, 7) is 2.23. The summed E-state index contributed by atoms with van der Waals surface area (Å²) in [6.07, 6.45) is 1.65. The third-order valence-corrected chi connectivity index (χ3v) is 4.13. The quantitative estimate of drug-likeness (QED) is 0.576. The van der Waals surface area contributed by atoms with Crippen LogP contribution < -0.4 is 0 Å². The molecule has 0 aromatic heterocycles. The fraction of sp³-hybridized carbons (Fsp3) is 0.286. The van der Waals surface area contributed by atoms with Gasteiger partial charge in [-0.25, -0.2) is 0 Å². The van der Waals surface area contributed by atoms with Crippen LogP contribution in [0.4, 0.5) is 0 Å². The van der Waals surface area contributed by atoms with Gasteiger partial charge >= 0.3 is 0 Å². The molecule has 0 aliphatic rings. The van der Waals surface area contributed by atoms with E-state index >= 15 is 0 Å². The number of benzene rings is 2. The van der Waals surface area contributed by atoms with Gasteiger partial charge in [-0.3, -0.25) is 4.18 Å². The molecule has 0 atom stereocenters. The second-order valence-electron chi connectivity index (χ2n) is 4.11. The van der Waals surface area contributed by atoms with Gasteiger partial charge in [0.05, 0.1) is 6.61 Å². The SMILES string of the molecule is CCCCOS(=O)(=O)c1cccc2ccccc12.[Cs]. The molecule has 0 unspecified atom stereocenters. The van der Waals surface area contributed by atoms with E-state index in [0.717, 1.165) is 18.2 Å². The smallest absolute Gasteiger partial charge is 0.266 e. The molecule has 2 rings (SSSR count). The minimum atomic E-state index is -3.66. The molecule has 2 aromatic rings. The second-order valence-corrected chi connectivity index (χ2v) is 5.69. The number of rotatable bonds is 5. The zero-order valence-corrected chi connectivity index (χ0v) is 18.4. The van der Waals surface area contributed by atoms with Gasteiger partial charge in [0.1, 0.15) is 4.90 Å². The first-order valence-corrected chi connectivity index (χ1v) is 7.43. The van der Waals surface area contributed by atoms with Crippen molar-refractivity contribution in [3.05, 3.63) is 42.5 Å². The van der Waals surface area contributed by atoms with Crippen molar-refractivity contribution in [1.29, 1.82) is 0 Å². The Morgan fingerprint density at radius 3 is 2.47 bits per heavy atom. The summed E-state index contributed by atoms with van der Waals surface area (Å²) in [5.41, 5.74) is 0. The van der Waals surface area contributed by atoms with Crippen LogP contribution in [0.1, 0.15) is 19.8 Å². The number of unbranched alkanes of at least 4 members (excludes halogenated alkanes) is 1. The molecule has 0 amide bonds. The largest absolute Gasteiger partial charge is 0.297 e. The Labute approximate surface area is 173 Å². The van der Waals surface area contributed by atoms with Crippen LogP contribution in [0.5, 0.6) is 0 Å². The molecule has 0 N–H and O–H groups in total. The van der Waals surface area contributed by atoms with Crippen LogP contribution in [0.2, 0.25) is 0 Å². The zero-order chi connectivity index (χ0) is 13.0. The molecular weight excluding hydrogens is 381 g/mol. The first-order chi connectivity index (χ1) is 8.65. The van der Waals surface area contributed by atoms with Crippen LogP contribution in [-0.4, -0.2) is 83.9 Å². The Morgan fingerprint density at radius 1 is 1.05 bits per heavy atom. The molecule has 0 aliphatic carbocycles. The van der Waals surface area contributed by atoms with Crippen molar-refractivity contribution < 1.29 is 12.6 Å². The van der Waals surface area contributed by atoms with E-state index in [1.165, 1.54) is 0 Å². The Balaban J connectivity index is 0.00000180. The molecule has 2 aromatic carbocycles. The van der Waals surface area contributed by atoms with Crippen LogP contribution in [-0.2, 0) is 14.3 Å². The second kappa shape index (κ2) is 8.19. The fourth-order valence-corrected chi connectivity index (χ4v) is 2.95. The minimum absolute atomic E-state index is 0. The topological polar surface area (TPSA) is 43.4 Å². The maximum absolute atomic E-state index is 12.1. The number of fused-ring (bicyclic) bond motifs is 1. The molecule has 0 heterocycles. The molecule has 19 heavy (non-hydrogen) atoms. The Morgan fingerprint density at radius 2 is 1.74 bits per heavy atom. The van der Waals surface area contributed by atoms with Crippen LogP contribution in [0.25, 0.3) is 10.8 Å². The maximum atomic E-state index is 12.1. The monoisotopic (exact) mass is 397 g/mol. The normalized spacial score (nSPS) is 11.2. The van der Waals surface area contributed by atoms with Gasteiger partial charge in [0, 0.05) is 74.3 Å². The van der Waals surface area contributed by atoms with E-state index < -0.39 is 10.1 Å². The molecule has 1 radical (unpaired) electrons. The molecule has 0 saturated carbocycles. The van der Waals surface area contributed by atoms with Gasteiger partial charge < -0.3 is 0 Å². The molecule has 0 spiro atoms. The first kappa shape index (κ1) is 17.7. The molecule has 0 aliphatic heterocycles. The third kappa shape index (κ3) is 4.57. The summed E-state index contributed by atoms with van der Waals surface area (Å²) in [4.78, 5) is 0.247. The predicted octanol–water partition coefficient (Wildman–Crippen LogP) is 2.96. The Kier molecular flexibility index (Phi) is 7.63. The van der Waals surface area contributed by atoms with Crippen LogP contribution in [0.3, 0.4) is 0 Å². The van der Waals surface area contributed by atoms with Crippen molar-refractivity contribution >= 4 is 89.8 Å². The molecular formula is C14H16CsO3S. The van der Waals surface area contributed by atoms with Crippen molar-refractivity contribution in [3.63, 3.8) is 0 Å². The molecule has 0 fully saturated rings. The van der Waals surface area contributed by atoms with Crippen molar-refractivity contribution in [2.24, 2.45) is 0 Å². The van der Waals surface area contributed by atoms with E-state index in [2.05, 4.69) is 0 Å². The van der Waals surface area contributed by atoms with Gasteiger partial charge in [0.2, 0.25) is 0 Å². The molecule has 5 heteroatoms. The predicted molar refractivity (Wildman–Crippen MR) is 77.7 cm³/mol. The first-order valence-electron chi connectivity index (χ1n) is 6.02. The van der Waals surface area contributed by atoms with Crippen molar-refractivity contribution in [1.82, 2.24) is 0 Å². The van der Waals surface area contributed by atoms with E-state index in [0.29, 0.717) is 5.39 Å². The number of hydrogen-bond donors (Lipinski definition) is 0. The van der Waals surface area contributed by atoms with Crippen LogP contribution in [0.15, 0.2) is 47.4 Å². The summed E-state index contributed by atoms with van der Waals surface area (Å²) in [5, 5.41) is 1.61. The van der Waals surface area contributed by atoms with Gasteiger partial charge in [-0.2, -0.15) is 8.42 Å². The minimum Gasteiger partial charge on any atom is -0.266 e. The van der Waals surface area contributed by atoms with Gasteiger partial charge in [-0.05, 0) is 17.9 Å². The molecule has 97 valence electrons. The summed E-state index contributed by atoms with van der Waals surface area (Å²) in [7, 11) is -3.66. The van der Waals surface area contributed by atoms with Gasteiger partial charge in [-0.1, -0.05) is 49.7 Å². The van der Waals surface area contributed by atoms with E-state index in [1.54, 1.807) is 18.2 Å². The third-order valence-electron chi connectivity index (χ3n) is 2.76. The summed E-state index contributed by atoms with van der Waals surface area (Å²) in [6, 6.07) is 12.6. The summed E-state index contributed by atoms with van der Waals surface area (Å²) in [5.74, 6) is 0. The number of hydrogen-bond acceptors (Lipinski definition) is 3. The van der Waals surface area contributed by atoms with Gasteiger partial charge in [0.15, 0.2) is 0 Å². The van der Waals surface area contributed by atoms with Crippen LogP contribution in [0, 0.1) is 0 Å². The Bertz CT molecular complexity index is 633. The van der Waals surface area contributed by atoms with Crippen molar-refractivity contribution in [3.8, 4) is 0 Å². The average Bonchev–Trinajstić information content (AvgIpc) is 2.38. The molecule has 0 saturated heterocycles. The van der Waals surface area contributed by atoms with Gasteiger partial charge in [-0.15, -0.1) is 0 Å². The molecule has 3 nitrogen and oxygen atoms in total. The van der Waals surface area contributed by atoms with E-state index in [4.69, 9.17) is 4.18 Å². The van der Waals surface area contributed by atoms with E-state index in [1.807, 2.05) is 31.2 Å². The van der Waals surface area contributed by atoms with Crippen molar-refractivity contribution in [2.45, 2.75) is 24.7 Å². The van der Waals surface area contributed by atoms with Crippen LogP contribution >= 0.6 is 0 Å². The average molecular weight is 397 g/mol. The zero-order valence-electron chi connectivity index (χ0n) is 11.3. The fourth-order valence-electron chi connectivity index (χ4n) is 1.79. The van der Waals surface area contributed by atoms with E-state index in [9.17, 15) is 8.42 Å². The van der Waals surface area contributed by atoms with Crippen molar-refractivity contribution in [2.75, 3.05) is 6.61 Å². The maximum Gasteiger partial charge on any atom is 0.297 e. The van der Waals surface area contributed by atoms with Gasteiger partial charge in [0.25, 0.3) is 10.1 Å². The van der Waals surface area contributed by atoms with E-state index in [-0.39, 0.29) is 80.4 Å². The summed E-state index contributed by atoms with van der Waals surface area (Å²) < 4.78 is 29.2. The Hall–Kier alpha value is 0.662. The molecule has 0 bridgehead atoms.